The molecule has 0 saturated carbocycles. The Morgan fingerprint density at radius 1 is 1.21 bits per heavy atom. The largest absolute Gasteiger partial charge is 0.496 e. The van der Waals surface area contributed by atoms with Crippen molar-refractivity contribution in [3.8, 4) is 5.75 Å². The second-order valence-electron chi connectivity index (χ2n) is 7.30. The van der Waals surface area contributed by atoms with Gasteiger partial charge in [-0.2, -0.15) is 13.2 Å². The first kappa shape index (κ1) is 20.4. The number of benzene rings is 1. The zero-order chi connectivity index (χ0) is 20.9. The summed E-state index contributed by atoms with van der Waals surface area (Å²) in [6, 6.07) is 6.28. The lowest BCUT2D eigenvalue weighted by atomic mass is 9.76. The van der Waals surface area contributed by atoms with E-state index in [0.29, 0.717) is 11.3 Å². The third-order valence-corrected chi connectivity index (χ3v) is 5.53. The SMILES string of the molecule is COc1cc(F)ccc1[C@H]1[C@H](c2cc(=O)cc(C)[nH]2)O[C@@](C)(C(F)(F)F)[C@H]1C. The lowest BCUT2D eigenvalue weighted by molar-refractivity contribution is -0.275. The number of pyridine rings is 1. The number of aromatic nitrogens is 1. The van der Waals surface area contributed by atoms with E-state index in [4.69, 9.17) is 9.47 Å². The van der Waals surface area contributed by atoms with Crippen LogP contribution in [0.1, 0.15) is 42.8 Å². The number of aromatic amines is 1. The first-order valence-electron chi connectivity index (χ1n) is 8.77. The molecule has 1 fully saturated rings. The molecule has 152 valence electrons. The predicted octanol–water partition coefficient (Wildman–Crippen LogP) is 4.64. The minimum atomic E-state index is -4.64. The zero-order valence-electron chi connectivity index (χ0n) is 15.9. The van der Waals surface area contributed by atoms with Gasteiger partial charge in [0.25, 0.3) is 0 Å². The number of ether oxygens (including phenoxy) is 2. The van der Waals surface area contributed by atoms with Gasteiger partial charge in [0.2, 0.25) is 0 Å². The van der Waals surface area contributed by atoms with Gasteiger partial charge in [0.1, 0.15) is 17.7 Å². The highest BCUT2D eigenvalue weighted by molar-refractivity contribution is 5.40. The highest BCUT2D eigenvalue weighted by Gasteiger charge is 2.64. The molecule has 1 aliphatic rings. The molecule has 4 atom stereocenters. The molecule has 1 N–H and O–H groups in total. The van der Waals surface area contributed by atoms with Gasteiger partial charge in [0.15, 0.2) is 11.0 Å². The van der Waals surface area contributed by atoms with Crippen molar-refractivity contribution in [3.05, 3.63) is 63.3 Å². The smallest absolute Gasteiger partial charge is 0.417 e. The molecule has 0 spiro atoms. The number of hydrogen-bond donors (Lipinski definition) is 1. The third kappa shape index (κ3) is 3.30. The third-order valence-electron chi connectivity index (χ3n) is 5.53. The number of H-pyrrole nitrogens is 1. The molecule has 4 nitrogen and oxygen atoms in total. The van der Waals surface area contributed by atoms with E-state index < -0.39 is 35.5 Å². The Kier molecular flexibility index (Phi) is 5.04. The highest BCUT2D eigenvalue weighted by Crippen LogP contribution is 2.59. The minimum Gasteiger partial charge on any atom is -0.496 e. The topological polar surface area (TPSA) is 51.3 Å². The number of aryl methyl sites for hydroxylation is 1. The van der Waals surface area contributed by atoms with Gasteiger partial charge in [-0.3, -0.25) is 4.79 Å². The van der Waals surface area contributed by atoms with Crippen molar-refractivity contribution in [2.75, 3.05) is 7.11 Å². The first-order valence-corrected chi connectivity index (χ1v) is 8.77. The van der Waals surface area contributed by atoms with Gasteiger partial charge in [-0.1, -0.05) is 13.0 Å². The normalized spacial score (nSPS) is 27.8. The molecule has 1 aromatic heterocycles. The molecule has 1 aromatic carbocycles. The fourth-order valence-corrected chi connectivity index (χ4v) is 3.89. The molecular formula is C20H21F4NO3. The first-order chi connectivity index (χ1) is 13.0. The van der Waals surface area contributed by atoms with E-state index >= 15 is 0 Å². The van der Waals surface area contributed by atoms with E-state index in [1.165, 1.54) is 38.3 Å². The van der Waals surface area contributed by atoms with E-state index in [1.54, 1.807) is 6.92 Å². The van der Waals surface area contributed by atoms with Crippen molar-refractivity contribution in [1.82, 2.24) is 4.98 Å². The van der Waals surface area contributed by atoms with Gasteiger partial charge in [-0.05, 0) is 19.9 Å². The second-order valence-corrected chi connectivity index (χ2v) is 7.30. The molecule has 2 heterocycles. The highest BCUT2D eigenvalue weighted by atomic mass is 19.4. The van der Waals surface area contributed by atoms with Gasteiger partial charge < -0.3 is 14.5 Å². The van der Waals surface area contributed by atoms with Crippen LogP contribution in [0.25, 0.3) is 0 Å². The van der Waals surface area contributed by atoms with Crippen LogP contribution in [0.2, 0.25) is 0 Å². The number of halogens is 4. The van der Waals surface area contributed by atoms with Crippen molar-refractivity contribution in [2.45, 2.75) is 44.6 Å². The molecule has 28 heavy (non-hydrogen) atoms. The summed E-state index contributed by atoms with van der Waals surface area (Å²) in [5.74, 6) is -2.28. The number of alkyl halides is 3. The van der Waals surface area contributed by atoms with Crippen LogP contribution in [0.3, 0.4) is 0 Å². The van der Waals surface area contributed by atoms with Crippen LogP contribution < -0.4 is 10.2 Å². The van der Waals surface area contributed by atoms with Gasteiger partial charge in [-0.25, -0.2) is 4.39 Å². The Balaban J connectivity index is 2.22. The van der Waals surface area contributed by atoms with E-state index in [9.17, 15) is 22.4 Å². The molecule has 1 saturated heterocycles. The minimum absolute atomic E-state index is 0.131. The monoisotopic (exact) mass is 399 g/mol. The van der Waals surface area contributed by atoms with Gasteiger partial charge in [0.05, 0.1) is 7.11 Å². The second kappa shape index (κ2) is 6.92. The molecular weight excluding hydrogens is 378 g/mol. The average Bonchev–Trinajstić information content (AvgIpc) is 2.87. The van der Waals surface area contributed by atoms with Crippen LogP contribution in [0.5, 0.6) is 5.75 Å². The van der Waals surface area contributed by atoms with Crippen LogP contribution >= 0.6 is 0 Å². The molecule has 0 radical (unpaired) electrons. The summed E-state index contributed by atoms with van der Waals surface area (Å²) in [6.45, 7) is 4.07. The number of nitrogens with one attached hydrogen (secondary N) is 1. The Labute approximate surface area is 159 Å². The number of rotatable bonds is 3. The Bertz CT molecular complexity index is 940. The van der Waals surface area contributed by atoms with Crippen molar-refractivity contribution in [2.24, 2.45) is 5.92 Å². The molecule has 8 heteroatoms. The van der Waals surface area contributed by atoms with E-state index in [-0.39, 0.29) is 16.9 Å². The van der Waals surface area contributed by atoms with Crippen LogP contribution in [0, 0.1) is 18.7 Å². The molecule has 0 aliphatic carbocycles. The fourth-order valence-electron chi connectivity index (χ4n) is 3.89. The van der Waals surface area contributed by atoms with E-state index in [1.807, 2.05) is 0 Å². The molecule has 3 rings (SSSR count). The lowest BCUT2D eigenvalue weighted by Gasteiger charge is -2.32. The summed E-state index contributed by atoms with van der Waals surface area (Å²) in [4.78, 5) is 14.9. The van der Waals surface area contributed by atoms with Crippen molar-refractivity contribution >= 4 is 0 Å². The standard InChI is InChI=1S/C20H21F4NO3/c1-10-7-13(26)9-15(25-10)18-17(11(2)19(3,28-18)20(22,23)24)14-6-5-12(21)8-16(14)27-4/h5-9,11,17-18H,1-4H3,(H,25,26)/t11-,17-,18-,19+/m0/s1. The summed E-state index contributed by atoms with van der Waals surface area (Å²) >= 11 is 0. The van der Waals surface area contributed by atoms with Crippen LogP contribution in [-0.4, -0.2) is 23.9 Å². The maximum Gasteiger partial charge on any atom is 0.417 e. The molecule has 0 amide bonds. The predicted molar refractivity (Wildman–Crippen MR) is 94.9 cm³/mol. The van der Waals surface area contributed by atoms with Gasteiger partial charge in [0, 0.05) is 47.0 Å². The molecule has 1 aliphatic heterocycles. The maximum atomic E-state index is 13.9. The number of hydrogen-bond acceptors (Lipinski definition) is 3. The van der Waals surface area contributed by atoms with Crippen molar-refractivity contribution in [1.29, 1.82) is 0 Å². The maximum absolute atomic E-state index is 13.9. The summed E-state index contributed by atoms with van der Waals surface area (Å²) in [5, 5.41) is 0. The van der Waals surface area contributed by atoms with E-state index in [2.05, 4.69) is 4.98 Å². The Morgan fingerprint density at radius 3 is 2.46 bits per heavy atom. The van der Waals surface area contributed by atoms with Crippen LogP contribution in [-0.2, 0) is 4.74 Å². The summed E-state index contributed by atoms with van der Waals surface area (Å²) < 4.78 is 66.1. The summed E-state index contributed by atoms with van der Waals surface area (Å²) in [5.41, 5.74) is -1.67. The Morgan fingerprint density at radius 2 is 1.89 bits per heavy atom. The molecule has 0 unspecified atom stereocenters. The fraction of sp³-hybridized carbons (Fsp3) is 0.450. The molecule has 2 aromatic rings. The van der Waals surface area contributed by atoms with Crippen LogP contribution in [0.15, 0.2) is 35.1 Å². The van der Waals surface area contributed by atoms with Crippen LogP contribution in [0.4, 0.5) is 17.6 Å². The van der Waals surface area contributed by atoms with Gasteiger partial charge >= 0.3 is 6.18 Å². The number of methoxy groups -OCH3 is 1. The quantitative estimate of drug-likeness (QED) is 0.765. The lowest BCUT2D eigenvalue weighted by Crippen LogP contribution is -2.46. The average molecular weight is 399 g/mol. The summed E-state index contributed by atoms with van der Waals surface area (Å²) in [7, 11) is 1.32. The zero-order valence-corrected chi connectivity index (χ0v) is 15.9. The molecule has 0 bridgehead atoms. The van der Waals surface area contributed by atoms with E-state index in [0.717, 1.165) is 13.0 Å². The van der Waals surface area contributed by atoms with Gasteiger partial charge in [-0.15, -0.1) is 0 Å². The Hall–Kier alpha value is -2.35. The van der Waals surface area contributed by atoms with Crippen molar-refractivity contribution in [3.63, 3.8) is 0 Å². The van der Waals surface area contributed by atoms with Crippen molar-refractivity contribution < 1.29 is 27.0 Å². The summed E-state index contributed by atoms with van der Waals surface area (Å²) in [6.07, 6.45) is -5.73.